The fraction of sp³-hybridized carbons (Fsp3) is 0.200. The van der Waals surface area contributed by atoms with Crippen LogP contribution in [0.2, 0.25) is 5.02 Å². The number of carbonyl (C=O) groups is 2. The first kappa shape index (κ1) is 13.1. The summed E-state index contributed by atoms with van der Waals surface area (Å²) in [7, 11) is 2.50. The zero-order valence-corrected chi connectivity index (χ0v) is 10.00. The van der Waals surface area contributed by atoms with Gasteiger partial charge >= 0.3 is 12.2 Å². The fourth-order valence-corrected chi connectivity index (χ4v) is 1.25. The lowest BCUT2D eigenvalue weighted by Gasteiger charge is -2.08. The molecule has 2 N–H and O–H groups in total. The van der Waals surface area contributed by atoms with Crippen LogP contribution in [0.1, 0.15) is 0 Å². The molecule has 0 fully saturated rings. The van der Waals surface area contributed by atoms with Crippen LogP contribution >= 0.6 is 11.6 Å². The molecule has 92 valence electrons. The van der Waals surface area contributed by atoms with Crippen molar-refractivity contribution in [2.45, 2.75) is 0 Å². The van der Waals surface area contributed by atoms with E-state index in [0.717, 1.165) is 0 Å². The third kappa shape index (κ3) is 3.84. The van der Waals surface area contributed by atoms with E-state index in [1.807, 2.05) is 0 Å². The third-order valence-corrected chi connectivity index (χ3v) is 2.14. The lowest BCUT2D eigenvalue weighted by Crippen LogP contribution is -2.13. The maximum Gasteiger partial charge on any atom is 0.411 e. The number of ether oxygens (including phenoxy) is 2. The molecule has 0 aromatic heterocycles. The second-order valence-corrected chi connectivity index (χ2v) is 3.33. The number of rotatable bonds is 2. The Morgan fingerprint density at radius 2 is 1.71 bits per heavy atom. The molecule has 0 spiro atoms. The largest absolute Gasteiger partial charge is 0.453 e. The minimum atomic E-state index is -0.624. The van der Waals surface area contributed by atoms with Crippen molar-refractivity contribution in [3.05, 3.63) is 23.2 Å². The number of benzene rings is 1. The summed E-state index contributed by atoms with van der Waals surface area (Å²) in [5.74, 6) is 0. The van der Waals surface area contributed by atoms with Crippen LogP contribution in [0.15, 0.2) is 18.2 Å². The minimum Gasteiger partial charge on any atom is -0.453 e. The van der Waals surface area contributed by atoms with E-state index in [0.29, 0.717) is 11.4 Å². The highest BCUT2D eigenvalue weighted by atomic mass is 35.5. The quantitative estimate of drug-likeness (QED) is 0.855. The Morgan fingerprint density at radius 1 is 1.12 bits per heavy atom. The fourth-order valence-electron chi connectivity index (χ4n) is 1.02. The highest BCUT2D eigenvalue weighted by Crippen LogP contribution is 2.25. The summed E-state index contributed by atoms with van der Waals surface area (Å²) < 4.78 is 8.85. The first-order chi connectivity index (χ1) is 8.06. The Bertz CT molecular complexity index is 436. The number of hydrogen-bond acceptors (Lipinski definition) is 4. The zero-order valence-electron chi connectivity index (χ0n) is 9.24. The van der Waals surface area contributed by atoms with Crippen LogP contribution in [0.3, 0.4) is 0 Å². The molecule has 0 aliphatic rings. The Labute approximate surface area is 103 Å². The van der Waals surface area contributed by atoms with Crippen LogP contribution in [0.5, 0.6) is 0 Å². The standard InChI is InChI=1S/C10H11ClN2O4/c1-16-9(14)12-6-3-4-8(7(11)5-6)13-10(15)17-2/h3-5H,1-2H3,(H,12,14)(H,13,15). The van der Waals surface area contributed by atoms with Gasteiger partial charge in [-0.3, -0.25) is 10.6 Å². The van der Waals surface area contributed by atoms with Crippen molar-refractivity contribution in [1.82, 2.24) is 0 Å². The first-order valence-corrected chi connectivity index (χ1v) is 4.94. The molecule has 0 aliphatic carbocycles. The molecule has 17 heavy (non-hydrogen) atoms. The second kappa shape index (κ2) is 5.95. The Hall–Kier alpha value is -1.95. The number of amides is 2. The van der Waals surface area contributed by atoms with Gasteiger partial charge in [-0.15, -0.1) is 0 Å². The van der Waals surface area contributed by atoms with Crippen molar-refractivity contribution in [3.8, 4) is 0 Å². The SMILES string of the molecule is COC(=O)Nc1ccc(NC(=O)OC)c(Cl)c1. The molecule has 1 rings (SSSR count). The van der Waals surface area contributed by atoms with Crippen molar-refractivity contribution in [3.63, 3.8) is 0 Å². The average molecular weight is 259 g/mol. The molecular formula is C10H11ClN2O4. The summed E-state index contributed by atoms with van der Waals surface area (Å²) in [6.07, 6.45) is -1.23. The van der Waals surface area contributed by atoms with Gasteiger partial charge in [-0.1, -0.05) is 11.6 Å². The van der Waals surface area contributed by atoms with Crippen molar-refractivity contribution in [2.75, 3.05) is 24.9 Å². The predicted molar refractivity (Wildman–Crippen MR) is 63.5 cm³/mol. The van der Waals surface area contributed by atoms with Crippen molar-refractivity contribution >= 4 is 35.2 Å². The van der Waals surface area contributed by atoms with Crippen molar-refractivity contribution in [2.24, 2.45) is 0 Å². The molecular weight excluding hydrogens is 248 g/mol. The van der Waals surface area contributed by atoms with Gasteiger partial charge in [0.25, 0.3) is 0 Å². The normalized spacial score (nSPS) is 9.35. The van der Waals surface area contributed by atoms with E-state index in [-0.39, 0.29) is 5.02 Å². The third-order valence-electron chi connectivity index (χ3n) is 1.82. The van der Waals surface area contributed by atoms with Crippen LogP contribution in [0.4, 0.5) is 21.0 Å². The second-order valence-electron chi connectivity index (χ2n) is 2.93. The highest BCUT2D eigenvalue weighted by molar-refractivity contribution is 6.34. The van der Waals surface area contributed by atoms with Crippen molar-refractivity contribution in [1.29, 1.82) is 0 Å². The Balaban J connectivity index is 2.79. The number of hydrogen-bond donors (Lipinski definition) is 2. The van der Waals surface area contributed by atoms with Gasteiger partial charge in [0, 0.05) is 5.69 Å². The van der Waals surface area contributed by atoms with Crippen LogP contribution in [-0.4, -0.2) is 26.4 Å². The molecule has 0 saturated carbocycles. The van der Waals surface area contributed by atoms with Crippen LogP contribution in [-0.2, 0) is 9.47 Å². The minimum absolute atomic E-state index is 0.268. The van der Waals surface area contributed by atoms with E-state index >= 15 is 0 Å². The molecule has 0 unspecified atom stereocenters. The maximum atomic E-state index is 11.0. The number of methoxy groups -OCH3 is 2. The summed E-state index contributed by atoms with van der Waals surface area (Å²) in [5, 5.41) is 5.12. The molecule has 7 heteroatoms. The Morgan fingerprint density at radius 3 is 2.24 bits per heavy atom. The van der Waals surface area contributed by atoms with E-state index < -0.39 is 12.2 Å². The van der Waals surface area contributed by atoms with E-state index in [1.165, 1.54) is 26.4 Å². The van der Waals surface area contributed by atoms with E-state index in [2.05, 4.69) is 20.1 Å². The zero-order chi connectivity index (χ0) is 12.8. The number of carbonyl (C=O) groups excluding carboxylic acids is 2. The van der Waals surface area contributed by atoms with Gasteiger partial charge in [0.05, 0.1) is 24.9 Å². The van der Waals surface area contributed by atoms with Gasteiger partial charge in [-0.25, -0.2) is 9.59 Å². The number of anilines is 2. The number of nitrogens with one attached hydrogen (secondary N) is 2. The average Bonchev–Trinajstić information content (AvgIpc) is 2.32. The summed E-state index contributed by atoms with van der Waals surface area (Å²) in [4.78, 5) is 21.9. The van der Waals surface area contributed by atoms with E-state index in [1.54, 1.807) is 6.07 Å². The molecule has 0 aliphatic heterocycles. The smallest absolute Gasteiger partial charge is 0.411 e. The van der Waals surface area contributed by atoms with Crippen LogP contribution in [0.25, 0.3) is 0 Å². The number of halogens is 1. The lowest BCUT2D eigenvalue weighted by molar-refractivity contribution is 0.186. The summed E-state index contributed by atoms with van der Waals surface area (Å²) in [5.41, 5.74) is 0.839. The molecule has 0 atom stereocenters. The molecule has 0 bridgehead atoms. The van der Waals surface area contributed by atoms with Gasteiger partial charge in [0.1, 0.15) is 0 Å². The summed E-state index contributed by atoms with van der Waals surface area (Å²) in [6, 6.07) is 4.57. The van der Waals surface area contributed by atoms with Gasteiger partial charge in [-0.2, -0.15) is 0 Å². The molecule has 6 nitrogen and oxygen atoms in total. The van der Waals surface area contributed by atoms with Gasteiger partial charge in [0.2, 0.25) is 0 Å². The first-order valence-electron chi connectivity index (χ1n) is 4.56. The Kier molecular flexibility index (Phi) is 4.59. The summed E-state index contributed by atoms with van der Waals surface area (Å²) >= 11 is 5.89. The molecule has 0 radical (unpaired) electrons. The molecule has 0 saturated heterocycles. The molecule has 2 amide bonds. The maximum absolute atomic E-state index is 11.0. The monoisotopic (exact) mass is 258 g/mol. The molecule has 1 aromatic carbocycles. The van der Waals surface area contributed by atoms with Gasteiger partial charge < -0.3 is 9.47 Å². The molecule has 1 aromatic rings. The lowest BCUT2D eigenvalue weighted by atomic mass is 10.3. The highest BCUT2D eigenvalue weighted by Gasteiger charge is 2.07. The van der Waals surface area contributed by atoms with E-state index in [9.17, 15) is 9.59 Å². The summed E-state index contributed by atoms with van der Waals surface area (Å²) in [6.45, 7) is 0. The van der Waals surface area contributed by atoms with Gasteiger partial charge in [-0.05, 0) is 18.2 Å². The van der Waals surface area contributed by atoms with Crippen molar-refractivity contribution < 1.29 is 19.1 Å². The topological polar surface area (TPSA) is 76.7 Å². The van der Waals surface area contributed by atoms with Crippen LogP contribution < -0.4 is 10.6 Å². The van der Waals surface area contributed by atoms with E-state index in [4.69, 9.17) is 11.6 Å². The molecule has 0 heterocycles. The van der Waals surface area contributed by atoms with Crippen LogP contribution in [0, 0.1) is 0 Å². The predicted octanol–water partition coefficient (Wildman–Crippen LogP) is 2.70. The van der Waals surface area contributed by atoms with Gasteiger partial charge in [0.15, 0.2) is 0 Å².